The molecule has 0 aliphatic carbocycles. The number of amides is 3. The molecule has 4 aromatic carbocycles. The van der Waals surface area contributed by atoms with Gasteiger partial charge in [-0.2, -0.15) is 0 Å². The maximum Gasteiger partial charge on any atom is 0.415 e. The fourth-order valence-corrected chi connectivity index (χ4v) is 9.70. The van der Waals surface area contributed by atoms with Gasteiger partial charge in [0.15, 0.2) is 0 Å². The molecule has 0 radical (unpaired) electrons. The van der Waals surface area contributed by atoms with Crippen molar-refractivity contribution in [2.24, 2.45) is 0 Å². The van der Waals surface area contributed by atoms with Gasteiger partial charge in [-0.15, -0.1) is 0 Å². The van der Waals surface area contributed by atoms with Gasteiger partial charge >= 0.3 is 6.09 Å². The van der Waals surface area contributed by atoms with Crippen LogP contribution in [0, 0.1) is 0 Å². The molecule has 4 aliphatic heterocycles. The van der Waals surface area contributed by atoms with Gasteiger partial charge in [-0.25, -0.2) is 9.78 Å². The summed E-state index contributed by atoms with van der Waals surface area (Å²) in [6.07, 6.45) is 8.80. The Kier molecular flexibility index (Phi) is 11.0. The first-order valence-electron chi connectivity index (χ1n) is 22.0. The summed E-state index contributed by atoms with van der Waals surface area (Å²) in [5, 5.41) is 9.94. The van der Waals surface area contributed by atoms with Gasteiger partial charge in [-0.1, -0.05) is 24.3 Å². The zero-order valence-corrected chi connectivity index (χ0v) is 35.5. The van der Waals surface area contributed by atoms with Crippen LogP contribution in [-0.2, 0) is 43.6 Å². The number of benzene rings is 4. The number of nitrogens with zero attached hydrogens (tertiary/aromatic N) is 7. The first kappa shape index (κ1) is 40.4. The van der Waals surface area contributed by atoms with Crippen LogP contribution in [0.4, 0.5) is 10.5 Å². The largest absolute Gasteiger partial charge is 0.508 e. The van der Waals surface area contributed by atoms with Crippen molar-refractivity contribution in [1.82, 2.24) is 28.8 Å². The monoisotopic (exact) mass is 845 g/mol. The van der Waals surface area contributed by atoms with Crippen molar-refractivity contribution in [3.05, 3.63) is 149 Å². The minimum absolute atomic E-state index is 0.0707. The van der Waals surface area contributed by atoms with Crippen molar-refractivity contribution in [2.75, 3.05) is 51.3 Å². The van der Waals surface area contributed by atoms with E-state index in [9.17, 15) is 14.7 Å². The number of morpholine rings is 1. The highest BCUT2D eigenvalue weighted by molar-refractivity contribution is 6.08. The van der Waals surface area contributed by atoms with Crippen LogP contribution < -0.4 is 9.64 Å². The molecule has 0 bridgehead atoms. The summed E-state index contributed by atoms with van der Waals surface area (Å²) in [6.45, 7) is 5.65. The van der Waals surface area contributed by atoms with Crippen LogP contribution in [0.2, 0.25) is 0 Å². The third-order valence-electron chi connectivity index (χ3n) is 13.2. The quantitative estimate of drug-likeness (QED) is 0.172. The van der Waals surface area contributed by atoms with Crippen LogP contribution >= 0.6 is 0 Å². The molecule has 13 nitrogen and oxygen atoms in total. The lowest BCUT2D eigenvalue weighted by atomic mass is 9.89. The van der Waals surface area contributed by atoms with Gasteiger partial charge in [-0.05, 0) is 121 Å². The second-order valence-electron chi connectivity index (χ2n) is 17.0. The van der Waals surface area contributed by atoms with Crippen molar-refractivity contribution < 1.29 is 29.0 Å². The Bertz CT molecular complexity index is 2650. The van der Waals surface area contributed by atoms with Gasteiger partial charge in [0.25, 0.3) is 11.8 Å². The highest BCUT2D eigenvalue weighted by Crippen LogP contribution is 2.38. The molecule has 6 aromatic rings. The van der Waals surface area contributed by atoms with Gasteiger partial charge < -0.3 is 38.4 Å². The van der Waals surface area contributed by atoms with Crippen molar-refractivity contribution in [1.29, 1.82) is 0 Å². The van der Waals surface area contributed by atoms with E-state index < -0.39 is 6.09 Å². The number of carbonyl (C=O) groups is 3. The third kappa shape index (κ3) is 8.10. The number of hydrogen-bond acceptors (Lipinski definition) is 8. The summed E-state index contributed by atoms with van der Waals surface area (Å²) in [4.78, 5) is 55.6. The summed E-state index contributed by atoms with van der Waals surface area (Å²) in [6, 6.07) is 28.4. The van der Waals surface area contributed by atoms with E-state index in [0.29, 0.717) is 55.3 Å². The van der Waals surface area contributed by atoms with E-state index >= 15 is 4.79 Å². The van der Waals surface area contributed by atoms with Gasteiger partial charge in [0.05, 0.1) is 25.1 Å². The molecule has 4 aliphatic rings. The number of aromatic hydroxyl groups is 1. The van der Waals surface area contributed by atoms with E-state index in [1.54, 1.807) is 65.8 Å². The normalized spacial score (nSPS) is 17.4. The van der Waals surface area contributed by atoms with E-state index in [2.05, 4.69) is 43.6 Å². The molecular formula is C50H51N7O6. The van der Waals surface area contributed by atoms with Crippen molar-refractivity contribution >= 4 is 23.6 Å². The number of anilines is 1. The lowest BCUT2D eigenvalue weighted by Gasteiger charge is -2.41. The number of fused-ring (bicyclic) bond motifs is 3. The van der Waals surface area contributed by atoms with Gasteiger partial charge in [-0.3, -0.25) is 14.5 Å². The zero-order valence-electron chi connectivity index (χ0n) is 35.5. The molecular weight excluding hydrogens is 795 g/mol. The second-order valence-corrected chi connectivity index (χ2v) is 17.0. The van der Waals surface area contributed by atoms with Crippen LogP contribution in [-0.4, -0.2) is 104 Å². The number of carbonyl (C=O) groups excluding carboxylic acids is 3. The SMILES string of the molecule is CN(C(=O)c1cc(-c2cc3c(cc2C(=O)N2Cc4ccccc4C[C@H]2CN2CCOCC2)CN(C(=O)Oc2ccc(-n4ccnc4)cc2)CC3)n2c1CCCC2)c1ccc(O)cc1. The van der Waals surface area contributed by atoms with E-state index in [1.807, 2.05) is 41.1 Å². The highest BCUT2D eigenvalue weighted by atomic mass is 16.6. The van der Waals surface area contributed by atoms with E-state index in [1.165, 1.54) is 5.56 Å². The van der Waals surface area contributed by atoms with Gasteiger partial charge in [0, 0.05) is 105 Å². The molecule has 63 heavy (non-hydrogen) atoms. The molecule has 2 aromatic heterocycles. The topological polar surface area (TPSA) is 126 Å². The van der Waals surface area contributed by atoms with Crippen LogP contribution in [0.3, 0.4) is 0 Å². The predicted octanol–water partition coefficient (Wildman–Crippen LogP) is 7.12. The summed E-state index contributed by atoms with van der Waals surface area (Å²) in [7, 11) is 1.76. The number of aromatic nitrogens is 3. The Labute approximate surface area is 366 Å². The molecule has 1 N–H and O–H groups in total. The van der Waals surface area contributed by atoms with E-state index in [-0.39, 0.29) is 30.2 Å². The molecule has 0 unspecified atom stereocenters. The highest BCUT2D eigenvalue weighted by Gasteiger charge is 2.36. The lowest BCUT2D eigenvalue weighted by molar-refractivity contribution is 0.0193. The van der Waals surface area contributed by atoms with Crippen molar-refractivity contribution in [3.8, 4) is 28.4 Å². The number of hydrogen-bond donors (Lipinski definition) is 1. The average Bonchev–Trinajstić information content (AvgIpc) is 4.00. The van der Waals surface area contributed by atoms with Crippen LogP contribution in [0.1, 0.15) is 61.5 Å². The minimum atomic E-state index is -0.451. The minimum Gasteiger partial charge on any atom is -0.508 e. The number of phenolic OH excluding ortho intramolecular Hbond substituents is 1. The van der Waals surface area contributed by atoms with Crippen LogP contribution in [0.25, 0.3) is 16.9 Å². The maximum atomic E-state index is 15.6. The Hall–Kier alpha value is -6.70. The number of imidazole rings is 1. The Morgan fingerprint density at radius 1 is 0.825 bits per heavy atom. The van der Waals surface area contributed by atoms with Gasteiger partial charge in [0.2, 0.25) is 0 Å². The van der Waals surface area contributed by atoms with Crippen molar-refractivity contribution in [3.63, 3.8) is 0 Å². The molecule has 0 saturated carbocycles. The molecule has 6 heterocycles. The summed E-state index contributed by atoms with van der Waals surface area (Å²) in [5.74, 6) is 0.358. The zero-order chi connectivity index (χ0) is 43.0. The summed E-state index contributed by atoms with van der Waals surface area (Å²) < 4.78 is 15.7. The standard InChI is InChI=1S/C50H51N7O6/c1-52(38-9-13-41(58)14-10-38)48(59)45-29-47(56-19-5-4-8-46(45)56)43-27-35-17-20-54(50(61)63-42-15-11-39(12-16-42)55-21-18-51-33-55)30-37(35)28-44(43)49(60)57-31-36-7-3-2-6-34(36)26-40(57)32-53-22-24-62-25-23-53/h2-3,6-7,9-16,18,21,27-29,33,40,58H,4-5,8,17,19-20,22-26,30-32H2,1H3/t40-/m0/s1. The predicted molar refractivity (Wildman–Crippen MR) is 238 cm³/mol. The molecule has 1 saturated heterocycles. The fourth-order valence-electron chi connectivity index (χ4n) is 9.70. The fraction of sp³-hybridized carbons (Fsp3) is 0.320. The summed E-state index contributed by atoms with van der Waals surface area (Å²) in [5.41, 5.74) is 9.72. The number of rotatable bonds is 8. The molecule has 3 amide bonds. The number of phenols is 1. The Morgan fingerprint density at radius 3 is 2.40 bits per heavy atom. The Morgan fingerprint density at radius 2 is 1.62 bits per heavy atom. The molecule has 322 valence electrons. The molecule has 0 spiro atoms. The first-order valence-corrected chi connectivity index (χ1v) is 22.0. The first-order chi connectivity index (χ1) is 30.8. The molecule has 1 atom stereocenters. The lowest BCUT2D eigenvalue weighted by Crippen LogP contribution is -2.52. The summed E-state index contributed by atoms with van der Waals surface area (Å²) >= 11 is 0. The van der Waals surface area contributed by atoms with Crippen LogP contribution in [0.5, 0.6) is 11.5 Å². The average molecular weight is 846 g/mol. The van der Waals surface area contributed by atoms with Crippen molar-refractivity contribution in [2.45, 2.75) is 57.8 Å². The smallest absolute Gasteiger partial charge is 0.415 e. The van der Waals surface area contributed by atoms with Crippen LogP contribution in [0.15, 0.2) is 110 Å². The molecule has 13 heteroatoms. The van der Waals surface area contributed by atoms with E-state index in [4.69, 9.17) is 9.47 Å². The number of ether oxygens (including phenoxy) is 2. The van der Waals surface area contributed by atoms with Gasteiger partial charge in [0.1, 0.15) is 11.5 Å². The maximum absolute atomic E-state index is 15.6. The third-order valence-corrected chi connectivity index (χ3v) is 13.2. The van der Waals surface area contributed by atoms with E-state index in [0.717, 1.165) is 91.2 Å². The molecule has 1 fully saturated rings. The molecule has 10 rings (SSSR count). The second kappa shape index (κ2) is 17.2. The Balaban J connectivity index is 1.02.